The van der Waals surface area contributed by atoms with E-state index in [4.69, 9.17) is 10.2 Å². The first-order chi connectivity index (χ1) is 9.88. The van der Waals surface area contributed by atoms with Gasteiger partial charge >= 0.3 is 12.0 Å². The van der Waals surface area contributed by atoms with E-state index in [9.17, 15) is 14.0 Å². The van der Waals surface area contributed by atoms with Gasteiger partial charge in [0.1, 0.15) is 5.82 Å². The second-order valence-electron chi connectivity index (χ2n) is 4.76. The molecular formula is C14H19FN2O4. The fourth-order valence-corrected chi connectivity index (χ4v) is 1.84. The summed E-state index contributed by atoms with van der Waals surface area (Å²) < 4.78 is 13.8. The summed E-state index contributed by atoms with van der Waals surface area (Å²) in [6, 6.07) is 2.78. The van der Waals surface area contributed by atoms with E-state index in [1.807, 2.05) is 0 Å². The molecule has 0 radical (unpaired) electrons. The number of carboxylic acid groups (broad SMARTS) is 1. The first kappa shape index (κ1) is 16.9. The van der Waals surface area contributed by atoms with E-state index in [0.29, 0.717) is 6.42 Å². The summed E-state index contributed by atoms with van der Waals surface area (Å²) in [7, 11) is 0. The van der Waals surface area contributed by atoms with Crippen molar-refractivity contribution in [2.75, 3.05) is 18.5 Å². The summed E-state index contributed by atoms with van der Waals surface area (Å²) >= 11 is 0. The molecule has 0 heterocycles. The number of halogens is 1. The lowest BCUT2D eigenvalue weighted by Gasteiger charge is -2.27. The molecule has 0 saturated carbocycles. The van der Waals surface area contributed by atoms with Crippen LogP contribution in [-0.2, 0) is 0 Å². The lowest BCUT2D eigenvalue weighted by molar-refractivity contribution is 0.0697. The van der Waals surface area contributed by atoms with E-state index >= 15 is 0 Å². The van der Waals surface area contributed by atoms with Gasteiger partial charge in [0.2, 0.25) is 0 Å². The third kappa shape index (κ3) is 4.42. The van der Waals surface area contributed by atoms with Crippen LogP contribution in [0.2, 0.25) is 0 Å². The van der Waals surface area contributed by atoms with Crippen molar-refractivity contribution < 1.29 is 24.2 Å². The van der Waals surface area contributed by atoms with E-state index in [0.717, 1.165) is 6.07 Å². The highest BCUT2D eigenvalue weighted by molar-refractivity contribution is 6.00. The number of carbonyl (C=O) groups excluding carboxylic acids is 1. The van der Waals surface area contributed by atoms with Gasteiger partial charge in [-0.05, 0) is 32.4 Å². The molecule has 0 aromatic heterocycles. The van der Waals surface area contributed by atoms with Crippen LogP contribution in [0.4, 0.5) is 14.9 Å². The molecule has 1 rings (SSSR count). The van der Waals surface area contributed by atoms with Gasteiger partial charge in [0.25, 0.3) is 0 Å². The highest BCUT2D eigenvalue weighted by Crippen LogP contribution is 2.20. The normalized spacial score (nSPS) is 10.5. The molecule has 2 amide bonds. The predicted molar refractivity (Wildman–Crippen MR) is 75.9 cm³/mol. The van der Waals surface area contributed by atoms with Crippen molar-refractivity contribution in [2.45, 2.75) is 26.3 Å². The molecule has 1 aromatic rings. The van der Waals surface area contributed by atoms with Gasteiger partial charge in [-0.3, -0.25) is 0 Å². The van der Waals surface area contributed by atoms with E-state index in [-0.39, 0.29) is 30.4 Å². The summed E-state index contributed by atoms with van der Waals surface area (Å²) in [6.45, 7) is 3.76. The Balaban J connectivity index is 2.98. The number of urea groups is 1. The number of rotatable bonds is 6. The number of anilines is 1. The predicted octanol–water partition coefficient (Wildman–Crippen LogP) is 2.15. The van der Waals surface area contributed by atoms with Crippen LogP contribution in [0.1, 0.15) is 30.6 Å². The molecule has 3 N–H and O–H groups in total. The summed E-state index contributed by atoms with van der Waals surface area (Å²) in [5.74, 6) is -2.13. The van der Waals surface area contributed by atoms with Crippen molar-refractivity contribution in [1.82, 2.24) is 4.90 Å². The molecule has 0 fully saturated rings. The van der Waals surface area contributed by atoms with Crippen LogP contribution in [0.3, 0.4) is 0 Å². The summed E-state index contributed by atoms with van der Waals surface area (Å²) in [5, 5.41) is 20.2. The Labute approximate surface area is 122 Å². The Hall–Kier alpha value is -2.15. The van der Waals surface area contributed by atoms with Gasteiger partial charge in [-0.2, -0.15) is 0 Å². The zero-order chi connectivity index (χ0) is 16.0. The van der Waals surface area contributed by atoms with Crippen molar-refractivity contribution in [3.8, 4) is 0 Å². The lowest BCUT2D eigenvalue weighted by Crippen LogP contribution is -2.41. The van der Waals surface area contributed by atoms with Crippen molar-refractivity contribution >= 4 is 17.7 Å². The van der Waals surface area contributed by atoms with Crippen LogP contribution in [0.5, 0.6) is 0 Å². The Kier molecular flexibility index (Phi) is 6.10. The molecule has 1 aromatic carbocycles. The number of carbonyl (C=O) groups is 2. The highest BCUT2D eigenvalue weighted by atomic mass is 19.1. The number of nitrogens with zero attached hydrogens (tertiary/aromatic N) is 1. The van der Waals surface area contributed by atoms with Crippen molar-refractivity contribution in [3.05, 3.63) is 29.6 Å². The fourth-order valence-electron chi connectivity index (χ4n) is 1.84. The third-order valence-corrected chi connectivity index (χ3v) is 2.92. The number of hydrogen-bond acceptors (Lipinski definition) is 3. The summed E-state index contributed by atoms with van der Waals surface area (Å²) in [6.07, 6.45) is 0.384. The van der Waals surface area contributed by atoms with Crippen molar-refractivity contribution in [2.24, 2.45) is 0 Å². The second kappa shape index (κ2) is 7.58. The Morgan fingerprint density at radius 2 is 2.05 bits per heavy atom. The monoisotopic (exact) mass is 298 g/mol. The topological polar surface area (TPSA) is 89.9 Å². The van der Waals surface area contributed by atoms with Crippen LogP contribution in [-0.4, -0.2) is 46.3 Å². The van der Waals surface area contributed by atoms with Gasteiger partial charge in [0.15, 0.2) is 0 Å². The number of aliphatic hydroxyl groups is 1. The number of amides is 2. The second-order valence-corrected chi connectivity index (χ2v) is 4.76. The standard InChI is InChI=1S/C14H19FN2O4/c1-9(2)17(7-4-8-18)14(21)16-12-10(13(19)20)5-3-6-11(12)15/h3,5-6,9,18H,4,7-8H2,1-2H3,(H,16,21)(H,19,20). The number of aliphatic hydroxyl groups excluding tert-OH is 1. The molecule has 0 unspecified atom stereocenters. The van der Waals surface area contributed by atoms with Crippen molar-refractivity contribution in [1.29, 1.82) is 0 Å². The van der Waals surface area contributed by atoms with Gasteiger partial charge < -0.3 is 20.4 Å². The van der Waals surface area contributed by atoms with E-state index in [1.165, 1.54) is 17.0 Å². The highest BCUT2D eigenvalue weighted by Gasteiger charge is 2.21. The molecule has 0 saturated heterocycles. The molecule has 0 spiro atoms. The minimum Gasteiger partial charge on any atom is -0.478 e. The molecule has 6 nitrogen and oxygen atoms in total. The summed E-state index contributed by atoms with van der Waals surface area (Å²) in [5.41, 5.74) is -0.668. The van der Waals surface area contributed by atoms with Gasteiger partial charge in [0, 0.05) is 19.2 Å². The average Bonchev–Trinajstić information content (AvgIpc) is 2.40. The van der Waals surface area contributed by atoms with Crippen LogP contribution in [0.15, 0.2) is 18.2 Å². The molecule has 0 atom stereocenters. The number of hydrogen-bond donors (Lipinski definition) is 3. The lowest BCUT2D eigenvalue weighted by atomic mass is 10.1. The quantitative estimate of drug-likeness (QED) is 0.750. The number of carboxylic acids is 1. The van der Waals surface area contributed by atoms with Crippen molar-refractivity contribution in [3.63, 3.8) is 0 Å². The maximum atomic E-state index is 13.8. The molecule has 116 valence electrons. The SMILES string of the molecule is CC(C)N(CCCO)C(=O)Nc1c(F)cccc1C(=O)O. The molecule has 0 aliphatic heterocycles. The third-order valence-electron chi connectivity index (χ3n) is 2.92. The molecule has 0 aliphatic carbocycles. The van der Waals surface area contributed by atoms with Crippen LogP contribution < -0.4 is 5.32 Å². The molecule has 21 heavy (non-hydrogen) atoms. The Bertz CT molecular complexity index is 520. The van der Waals surface area contributed by atoms with Gasteiger partial charge in [-0.25, -0.2) is 14.0 Å². The molecular weight excluding hydrogens is 279 g/mol. The molecule has 0 aliphatic rings. The first-order valence-electron chi connectivity index (χ1n) is 6.58. The smallest absolute Gasteiger partial charge is 0.337 e. The Morgan fingerprint density at radius 1 is 1.38 bits per heavy atom. The van der Waals surface area contributed by atoms with Crippen LogP contribution in [0, 0.1) is 5.82 Å². The Morgan fingerprint density at radius 3 is 2.57 bits per heavy atom. The zero-order valence-corrected chi connectivity index (χ0v) is 12.0. The number of para-hydroxylation sites is 1. The fraction of sp³-hybridized carbons (Fsp3) is 0.429. The minimum absolute atomic E-state index is 0.0728. The van der Waals surface area contributed by atoms with Crippen LogP contribution in [0.25, 0.3) is 0 Å². The van der Waals surface area contributed by atoms with Gasteiger partial charge in [-0.15, -0.1) is 0 Å². The maximum Gasteiger partial charge on any atom is 0.337 e. The average molecular weight is 298 g/mol. The van der Waals surface area contributed by atoms with E-state index in [2.05, 4.69) is 5.32 Å². The summed E-state index contributed by atoms with van der Waals surface area (Å²) in [4.78, 5) is 24.6. The van der Waals surface area contributed by atoms with Gasteiger partial charge in [-0.1, -0.05) is 6.07 Å². The number of nitrogens with one attached hydrogen (secondary N) is 1. The number of benzene rings is 1. The molecule has 7 heteroatoms. The van der Waals surface area contributed by atoms with E-state index in [1.54, 1.807) is 13.8 Å². The zero-order valence-electron chi connectivity index (χ0n) is 12.0. The minimum atomic E-state index is -1.32. The largest absolute Gasteiger partial charge is 0.478 e. The number of aromatic carboxylic acids is 1. The van der Waals surface area contributed by atoms with Crippen LogP contribution >= 0.6 is 0 Å². The van der Waals surface area contributed by atoms with E-state index < -0.39 is 17.8 Å². The first-order valence-corrected chi connectivity index (χ1v) is 6.58. The maximum absolute atomic E-state index is 13.8. The molecule has 0 bridgehead atoms. The van der Waals surface area contributed by atoms with Gasteiger partial charge in [0.05, 0.1) is 11.3 Å².